The zero-order chi connectivity index (χ0) is 25.9. The van der Waals surface area contributed by atoms with Crippen LogP contribution in [0.5, 0.6) is 0 Å². The Morgan fingerprint density at radius 1 is 1.19 bits per heavy atom. The maximum absolute atomic E-state index is 13.5. The van der Waals surface area contributed by atoms with Crippen molar-refractivity contribution in [1.29, 1.82) is 0 Å². The standard InChI is InChI=1S/C26H28ClF3N4OS/c1-34(36-2)20-8-4-6-17(12-20)25(35)31-15-16-5-3-7-19(11-16)32-23-14-24(26(28,29)30)33-22-10-9-18(27)13-21(22)23/h4,6,8-10,12-14,16,19H,3,5,7,11,15H2,1-2H3,(H,31,35)(H,32,33)/t16?,19-/m0/s1. The van der Waals surface area contributed by atoms with E-state index in [1.807, 2.05) is 35.8 Å². The number of anilines is 2. The van der Waals surface area contributed by atoms with Gasteiger partial charge in [0.25, 0.3) is 5.91 Å². The average Bonchev–Trinajstić information content (AvgIpc) is 2.86. The van der Waals surface area contributed by atoms with Gasteiger partial charge < -0.3 is 14.9 Å². The minimum absolute atomic E-state index is 0.0233. The molecule has 10 heteroatoms. The van der Waals surface area contributed by atoms with Crippen molar-refractivity contribution in [3.63, 3.8) is 0 Å². The molecule has 3 aromatic rings. The number of amides is 1. The summed E-state index contributed by atoms with van der Waals surface area (Å²) in [7, 11) is 1.94. The Morgan fingerprint density at radius 2 is 2.00 bits per heavy atom. The minimum Gasteiger partial charge on any atom is -0.382 e. The number of benzene rings is 2. The van der Waals surface area contributed by atoms with Gasteiger partial charge in [0.15, 0.2) is 0 Å². The molecule has 0 radical (unpaired) electrons. The number of carbonyl (C=O) groups is 1. The van der Waals surface area contributed by atoms with Crippen LogP contribution in [0.25, 0.3) is 10.9 Å². The van der Waals surface area contributed by atoms with Crippen LogP contribution in [-0.2, 0) is 6.18 Å². The first kappa shape index (κ1) is 26.4. The molecule has 2 atom stereocenters. The molecule has 5 nitrogen and oxygen atoms in total. The fourth-order valence-corrected chi connectivity index (χ4v) is 5.07. The van der Waals surface area contributed by atoms with Crippen molar-refractivity contribution >= 4 is 51.7 Å². The first-order chi connectivity index (χ1) is 17.1. The lowest BCUT2D eigenvalue weighted by molar-refractivity contribution is -0.140. The Bertz CT molecular complexity index is 1240. The zero-order valence-electron chi connectivity index (χ0n) is 20.0. The summed E-state index contributed by atoms with van der Waals surface area (Å²) < 4.78 is 42.4. The van der Waals surface area contributed by atoms with Gasteiger partial charge in [0.2, 0.25) is 0 Å². The molecule has 4 rings (SSSR count). The Labute approximate surface area is 217 Å². The van der Waals surface area contributed by atoms with Crippen LogP contribution >= 0.6 is 23.5 Å². The number of hydrogen-bond donors (Lipinski definition) is 2. The lowest BCUT2D eigenvalue weighted by Crippen LogP contribution is -2.35. The molecule has 192 valence electrons. The van der Waals surface area contributed by atoms with E-state index in [0.717, 1.165) is 37.4 Å². The lowest BCUT2D eigenvalue weighted by Gasteiger charge is -2.31. The molecule has 1 saturated carbocycles. The number of fused-ring (bicyclic) bond motifs is 1. The second kappa shape index (κ2) is 11.2. The molecular weight excluding hydrogens is 509 g/mol. The van der Waals surface area contributed by atoms with E-state index >= 15 is 0 Å². The van der Waals surface area contributed by atoms with E-state index in [9.17, 15) is 18.0 Å². The summed E-state index contributed by atoms with van der Waals surface area (Å²) in [6, 6.07) is 13.2. The third-order valence-corrected chi connectivity index (χ3v) is 7.49. The van der Waals surface area contributed by atoms with E-state index < -0.39 is 11.9 Å². The molecule has 2 aromatic carbocycles. The summed E-state index contributed by atoms with van der Waals surface area (Å²) in [5, 5.41) is 7.35. The van der Waals surface area contributed by atoms with Crippen molar-refractivity contribution in [1.82, 2.24) is 10.3 Å². The van der Waals surface area contributed by atoms with E-state index in [0.29, 0.717) is 28.2 Å². The van der Waals surface area contributed by atoms with Crippen LogP contribution < -0.4 is 14.9 Å². The molecule has 0 saturated heterocycles. The molecule has 0 aliphatic heterocycles. The Balaban J connectivity index is 1.44. The predicted molar refractivity (Wildman–Crippen MR) is 142 cm³/mol. The van der Waals surface area contributed by atoms with Gasteiger partial charge in [0, 0.05) is 53.2 Å². The van der Waals surface area contributed by atoms with Crippen LogP contribution in [-0.4, -0.2) is 36.8 Å². The second-order valence-electron chi connectivity index (χ2n) is 9.03. The number of aromatic nitrogens is 1. The number of halogens is 4. The molecule has 1 heterocycles. The molecule has 1 aliphatic rings. The van der Waals surface area contributed by atoms with Crippen LogP contribution in [0.1, 0.15) is 41.7 Å². The van der Waals surface area contributed by atoms with Crippen molar-refractivity contribution in [2.45, 2.75) is 37.9 Å². The van der Waals surface area contributed by atoms with Gasteiger partial charge in [-0.05, 0) is 67.6 Å². The molecule has 1 unspecified atom stereocenters. The van der Waals surface area contributed by atoms with Gasteiger partial charge in [0.05, 0.1) is 5.52 Å². The Hall–Kier alpha value is -2.65. The number of rotatable bonds is 7. The van der Waals surface area contributed by atoms with Gasteiger partial charge in [-0.25, -0.2) is 4.98 Å². The van der Waals surface area contributed by atoms with Crippen LogP contribution in [0, 0.1) is 5.92 Å². The normalized spacial score (nSPS) is 18.2. The van der Waals surface area contributed by atoms with E-state index in [-0.39, 0.29) is 23.4 Å². The minimum atomic E-state index is -4.55. The zero-order valence-corrected chi connectivity index (χ0v) is 21.6. The van der Waals surface area contributed by atoms with Gasteiger partial charge in [-0.3, -0.25) is 4.79 Å². The largest absolute Gasteiger partial charge is 0.433 e. The second-order valence-corrected chi connectivity index (χ2v) is 10.4. The fraction of sp³-hybridized carbons (Fsp3) is 0.385. The monoisotopic (exact) mass is 536 g/mol. The fourth-order valence-electron chi connectivity index (χ4n) is 4.58. The quantitative estimate of drug-likeness (QED) is 0.318. The number of nitrogens with zero attached hydrogens (tertiary/aromatic N) is 2. The molecule has 1 aromatic heterocycles. The maximum atomic E-state index is 13.5. The van der Waals surface area contributed by atoms with Crippen LogP contribution in [0.4, 0.5) is 24.5 Å². The summed E-state index contributed by atoms with van der Waals surface area (Å²) in [6.45, 7) is 0.510. The van der Waals surface area contributed by atoms with Gasteiger partial charge in [-0.1, -0.05) is 36.0 Å². The summed E-state index contributed by atoms with van der Waals surface area (Å²) in [5.74, 6) is 0.0852. The summed E-state index contributed by atoms with van der Waals surface area (Å²) in [4.78, 5) is 16.5. The van der Waals surface area contributed by atoms with Crippen LogP contribution in [0.15, 0.2) is 48.5 Å². The molecule has 1 aliphatic carbocycles. The van der Waals surface area contributed by atoms with Gasteiger partial charge >= 0.3 is 6.18 Å². The topological polar surface area (TPSA) is 57.3 Å². The average molecular weight is 537 g/mol. The smallest absolute Gasteiger partial charge is 0.382 e. The predicted octanol–water partition coefficient (Wildman–Crippen LogP) is 7.02. The highest BCUT2D eigenvalue weighted by molar-refractivity contribution is 7.99. The lowest BCUT2D eigenvalue weighted by atomic mass is 9.85. The molecule has 36 heavy (non-hydrogen) atoms. The Kier molecular flexibility index (Phi) is 8.20. The number of carbonyl (C=O) groups excluding carboxylic acids is 1. The molecular formula is C26H28ClF3N4OS. The Morgan fingerprint density at radius 3 is 2.75 bits per heavy atom. The van der Waals surface area contributed by atoms with Crippen LogP contribution in [0.2, 0.25) is 5.02 Å². The summed E-state index contributed by atoms with van der Waals surface area (Å²) in [6.07, 6.45) is 0.853. The van der Waals surface area contributed by atoms with E-state index in [1.54, 1.807) is 24.1 Å². The third-order valence-electron chi connectivity index (χ3n) is 6.50. The first-order valence-corrected chi connectivity index (χ1v) is 13.3. The molecule has 0 spiro atoms. The van der Waals surface area contributed by atoms with Crippen molar-refractivity contribution in [2.24, 2.45) is 5.92 Å². The molecule has 2 N–H and O–H groups in total. The number of nitrogens with one attached hydrogen (secondary N) is 2. The van der Waals surface area contributed by atoms with Crippen molar-refractivity contribution < 1.29 is 18.0 Å². The highest BCUT2D eigenvalue weighted by Crippen LogP contribution is 2.36. The SMILES string of the molecule is CSN(C)c1cccc(C(=O)NCC2CCC[C@H](Nc3cc(C(F)(F)F)nc4ccc(Cl)cc34)C2)c1. The van der Waals surface area contributed by atoms with Crippen LogP contribution in [0.3, 0.4) is 0 Å². The van der Waals surface area contributed by atoms with Gasteiger partial charge in [-0.2, -0.15) is 13.2 Å². The van der Waals surface area contributed by atoms with Crippen molar-refractivity contribution in [2.75, 3.05) is 29.5 Å². The van der Waals surface area contributed by atoms with Crippen molar-refractivity contribution in [3.8, 4) is 0 Å². The molecule has 1 amide bonds. The first-order valence-electron chi connectivity index (χ1n) is 11.7. The number of alkyl halides is 3. The summed E-state index contributed by atoms with van der Waals surface area (Å²) >= 11 is 7.68. The van der Waals surface area contributed by atoms with Crippen molar-refractivity contribution in [3.05, 3.63) is 64.8 Å². The highest BCUT2D eigenvalue weighted by atomic mass is 35.5. The van der Waals surface area contributed by atoms with Gasteiger partial charge in [0.1, 0.15) is 5.69 Å². The number of pyridine rings is 1. The van der Waals surface area contributed by atoms with E-state index in [4.69, 9.17) is 11.6 Å². The van der Waals surface area contributed by atoms with E-state index in [1.165, 1.54) is 12.1 Å². The maximum Gasteiger partial charge on any atom is 0.433 e. The highest BCUT2D eigenvalue weighted by Gasteiger charge is 2.34. The number of hydrogen-bond acceptors (Lipinski definition) is 5. The summed E-state index contributed by atoms with van der Waals surface area (Å²) in [5.41, 5.74) is 1.22. The van der Waals surface area contributed by atoms with E-state index in [2.05, 4.69) is 15.6 Å². The van der Waals surface area contributed by atoms with Gasteiger partial charge in [-0.15, -0.1) is 0 Å². The molecule has 0 bridgehead atoms. The molecule has 1 fully saturated rings. The third kappa shape index (κ3) is 6.37.